The molecule has 0 spiro atoms. The third-order valence-corrected chi connectivity index (χ3v) is 12.2. The van der Waals surface area contributed by atoms with Gasteiger partial charge >= 0.3 is 0 Å². The molecule has 0 radical (unpaired) electrons. The largest absolute Gasteiger partial charge is 0.381 e. The summed E-state index contributed by atoms with van der Waals surface area (Å²) < 4.78 is 58.0. The van der Waals surface area contributed by atoms with Crippen LogP contribution in [-0.2, 0) is 0 Å². The van der Waals surface area contributed by atoms with Gasteiger partial charge in [0.25, 0.3) is 0 Å². The second-order valence-corrected chi connectivity index (χ2v) is 18.8. The summed E-state index contributed by atoms with van der Waals surface area (Å²) in [7, 11) is 4.25. The number of hydrogen-bond acceptors (Lipinski definition) is 17. The first-order chi connectivity index (χ1) is 30.4. The van der Waals surface area contributed by atoms with E-state index in [1.165, 1.54) is 46.3 Å². The van der Waals surface area contributed by atoms with Gasteiger partial charge in [-0.15, -0.1) is 22.6 Å². The van der Waals surface area contributed by atoms with Gasteiger partial charge in [0.1, 0.15) is 18.5 Å². The number of nitrogens with zero attached hydrogens (tertiary/aromatic N) is 15. The van der Waals surface area contributed by atoms with Crippen LogP contribution in [0.2, 0.25) is 5.28 Å². The summed E-state index contributed by atoms with van der Waals surface area (Å²) in [6.07, 6.45) is 8.39. The van der Waals surface area contributed by atoms with Gasteiger partial charge in [0.05, 0.1) is 23.8 Å². The molecule has 0 aliphatic carbocycles. The van der Waals surface area contributed by atoms with Crippen LogP contribution in [0.5, 0.6) is 0 Å². The van der Waals surface area contributed by atoms with Gasteiger partial charge in [-0.25, -0.2) is 37.2 Å². The van der Waals surface area contributed by atoms with Gasteiger partial charge in [0, 0.05) is 34.2 Å². The van der Waals surface area contributed by atoms with Crippen LogP contribution in [-0.4, -0.2) is 123 Å². The zero-order valence-electron chi connectivity index (χ0n) is 38.3. The fourth-order valence-corrected chi connectivity index (χ4v) is 8.43. The van der Waals surface area contributed by atoms with E-state index in [2.05, 4.69) is 151 Å². The van der Waals surface area contributed by atoms with E-state index in [1.54, 1.807) is 6.07 Å². The minimum atomic E-state index is -0.562. The summed E-state index contributed by atoms with van der Waals surface area (Å²) in [5, 5.41) is 30.6. The number of anilines is 5. The Balaban J connectivity index is 0.000000204. The Bertz CT molecular complexity index is 2510. The van der Waals surface area contributed by atoms with E-state index in [0.29, 0.717) is 11.5 Å². The Morgan fingerprint density at radius 1 is 0.636 bits per heavy atom. The van der Waals surface area contributed by atoms with E-state index in [9.17, 15) is 17.6 Å². The lowest BCUT2D eigenvalue weighted by atomic mass is 9.77. The van der Waals surface area contributed by atoms with Crippen molar-refractivity contribution in [3.63, 3.8) is 0 Å². The lowest BCUT2D eigenvalue weighted by Gasteiger charge is -2.53. The molecule has 2 aliphatic rings. The molecule has 8 rings (SSSR count). The summed E-state index contributed by atoms with van der Waals surface area (Å²) in [5.41, 5.74) is 5.87. The van der Waals surface area contributed by atoms with Crippen LogP contribution < -0.4 is 21.7 Å². The first-order valence-corrected chi connectivity index (χ1v) is 21.0. The molecule has 25 heteroatoms. The number of likely N-dealkylation sites (tertiary alicyclic amines) is 2. The molecule has 356 valence electrons. The van der Waals surface area contributed by atoms with Crippen molar-refractivity contribution in [1.29, 1.82) is 0 Å². The van der Waals surface area contributed by atoms with Crippen molar-refractivity contribution in [2.24, 2.45) is 0 Å². The number of aromatic nitrogens is 13. The highest BCUT2D eigenvalue weighted by Gasteiger charge is 2.44. The van der Waals surface area contributed by atoms with Gasteiger partial charge in [-0.3, -0.25) is 9.80 Å². The molecule has 5 N–H and O–H groups in total. The Hall–Kier alpha value is -5.91. The second-order valence-electron chi connectivity index (χ2n) is 18.4. The highest BCUT2D eigenvalue weighted by atomic mass is 35.5. The molecule has 5 aromatic heterocycles. The average molecular weight is 961 g/mol. The average Bonchev–Trinajstić information content (AvgIpc) is 3.97. The molecule has 1 aromatic carbocycles. The van der Waals surface area contributed by atoms with Crippen molar-refractivity contribution < 1.29 is 17.6 Å². The summed E-state index contributed by atoms with van der Waals surface area (Å²) in [5.74, 6) is -1.55. The van der Waals surface area contributed by atoms with Gasteiger partial charge in [0.2, 0.25) is 11.2 Å². The van der Waals surface area contributed by atoms with Crippen LogP contribution in [0.4, 0.5) is 46.7 Å². The summed E-state index contributed by atoms with van der Waals surface area (Å²) in [6.45, 7) is 17.5. The SMILES string of the molecule is CN1C(C)(C)CC(Nc2nc(Cl)ncc2F)CC1(C)C.CN1C(C)(C)CC(Nc2nc(Nc3cc(-n4cnnn4)ccc3F)ncc2F)CC1(C)C.Cl.Nc1nc(-n2cnnn2)ccc1F. The summed E-state index contributed by atoms with van der Waals surface area (Å²) >= 11 is 5.73. The molecule has 6 aromatic rings. The minimum absolute atomic E-state index is 0. The van der Waals surface area contributed by atoms with E-state index in [-0.39, 0.29) is 81.0 Å². The molecule has 0 atom stereocenters. The van der Waals surface area contributed by atoms with E-state index < -0.39 is 23.3 Å². The monoisotopic (exact) mass is 959 g/mol. The number of hydrogen-bond donors (Lipinski definition) is 4. The number of halogens is 6. The lowest BCUT2D eigenvalue weighted by molar-refractivity contribution is -0.00807. The molecule has 19 nitrogen and oxygen atoms in total. The van der Waals surface area contributed by atoms with Crippen LogP contribution in [0.3, 0.4) is 0 Å². The Kier molecular flexibility index (Phi) is 15.7. The first-order valence-electron chi connectivity index (χ1n) is 20.6. The molecule has 0 unspecified atom stereocenters. The fraction of sp³-hybridized carbons (Fsp3) is 0.488. The number of pyridine rings is 1. The Morgan fingerprint density at radius 3 is 1.62 bits per heavy atom. The van der Waals surface area contributed by atoms with Crippen molar-refractivity contribution in [1.82, 2.24) is 75.1 Å². The predicted molar refractivity (Wildman–Crippen MR) is 245 cm³/mol. The maximum Gasteiger partial charge on any atom is 0.229 e. The molecule has 0 amide bonds. The predicted octanol–water partition coefficient (Wildman–Crippen LogP) is 7.07. The van der Waals surface area contributed by atoms with Gasteiger partial charge in [0.15, 0.2) is 40.7 Å². The van der Waals surface area contributed by atoms with Crippen molar-refractivity contribution in [3.8, 4) is 11.5 Å². The summed E-state index contributed by atoms with van der Waals surface area (Å²) in [6, 6.07) is 7.16. The lowest BCUT2D eigenvalue weighted by Crippen LogP contribution is -2.61. The van der Waals surface area contributed by atoms with Gasteiger partial charge in [-0.2, -0.15) is 14.6 Å². The number of nitrogen functional groups attached to an aromatic ring is 1. The number of nitrogens with two attached hydrogens (primary N) is 1. The number of benzene rings is 1. The van der Waals surface area contributed by atoms with E-state index >= 15 is 0 Å². The van der Waals surface area contributed by atoms with Gasteiger partial charge in [-0.1, -0.05) is 0 Å². The maximum absolute atomic E-state index is 14.5. The Labute approximate surface area is 391 Å². The van der Waals surface area contributed by atoms with E-state index in [4.69, 9.17) is 17.3 Å². The molecule has 0 bridgehead atoms. The molecule has 2 aliphatic heterocycles. The van der Waals surface area contributed by atoms with Crippen LogP contribution >= 0.6 is 24.0 Å². The first kappa shape index (κ1) is 51.1. The van der Waals surface area contributed by atoms with Crippen molar-refractivity contribution in [2.75, 3.05) is 35.8 Å². The van der Waals surface area contributed by atoms with Gasteiger partial charge in [-0.05, 0) is 158 Å². The van der Waals surface area contributed by atoms with Crippen molar-refractivity contribution in [3.05, 3.63) is 83.9 Å². The zero-order valence-corrected chi connectivity index (χ0v) is 39.8. The highest BCUT2D eigenvalue weighted by Crippen LogP contribution is 2.39. The van der Waals surface area contributed by atoms with Crippen molar-refractivity contribution in [2.45, 2.75) is 115 Å². The van der Waals surface area contributed by atoms with Crippen LogP contribution in [0.15, 0.2) is 55.4 Å². The maximum atomic E-state index is 14.5. The fourth-order valence-electron chi connectivity index (χ4n) is 8.30. The summed E-state index contributed by atoms with van der Waals surface area (Å²) in [4.78, 5) is 24.3. The third-order valence-electron chi connectivity index (χ3n) is 12.0. The second kappa shape index (κ2) is 20.3. The Morgan fingerprint density at radius 2 is 1.12 bits per heavy atom. The highest BCUT2D eigenvalue weighted by molar-refractivity contribution is 6.28. The van der Waals surface area contributed by atoms with Crippen LogP contribution in [0.1, 0.15) is 81.1 Å². The minimum Gasteiger partial charge on any atom is -0.381 e. The number of rotatable bonds is 8. The zero-order chi connectivity index (χ0) is 47.5. The van der Waals surface area contributed by atoms with Crippen LogP contribution in [0.25, 0.3) is 11.5 Å². The standard InChI is InChI=1S/C21H27F2N9.C14H22ClFN4.C6H5FN6.ClH/c1-20(2)9-13(10-21(3,4)31(20)5)26-18-16(23)11-24-19(28-18)27-17-8-14(6-7-15(17)22)32-12-25-29-30-32;1-13(2)6-9(7-14(3,4)20(13)5)18-11-10(16)8-17-12(15)19-11;7-4-1-2-5(10-6(4)8)13-3-9-11-12-13;/h6-8,11-13H,9-10H2,1-5H3,(H2,24,26,27,28);8-9H,6-7H2,1-5H3,(H,17,18,19);1-3H,(H2,8,10);1H. The molecule has 7 heterocycles. The van der Waals surface area contributed by atoms with Gasteiger partial charge < -0.3 is 21.7 Å². The topological polar surface area (TPSA) is 220 Å². The molecule has 2 saturated heterocycles. The molecule has 0 saturated carbocycles. The number of piperidine rings is 2. The normalized spacial score (nSPS) is 17.9. The molecule has 2 fully saturated rings. The third kappa shape index (κ3) is 12.3. The van der Waals surface area contributed by atoms with E-state index in [0.717, 1.165) is 38.1 Å². The quantitative estimate of drug-likeness (QED) is 0.0885. The number of tetrazole rings is 2. The van der Waals surface area contributed by atoms with Crippen molar-refractivity contribution >= 4 is 53.1 Å². The number of nitrogens with one attached hydrogen (secondary N) is 3. The molecular formula is C41H55Cl2F4N19. The molecular weight excluding hydrogens is 905 g/mol. The molecule has 66 heavy (non-hydrogen) atoms. The van der Waals surface area contributed by atoms with Crippen LogP contribution in [0, 0.1) is 23.3 Å². The van der Waals surface area contributed by atoms with E-state index in [1.807, 2.05) is 0 Å². The smallest absolute Gasteiger partial charge is 0.229 e.